The number of hydrogen-bond acceptors (Lipinski definition) is 0. The van der Waals surface area contributed by atoms with Gasteiger partial charge in [0.2, 0.25) is 0 Å². The molecular weight excluding hydrogens is 300 g/mol. The molecule has 0 nitrogen and oxygen atoms in total. The van der Waals surface area contributed by atoms with Crippen LogP contribution in [0.1, 0.15) is 44.5 Å². The molecule has 0 unspecified atom stereocenters. The molecule has 2 aromatic carbocycles. The standard InChI is InChI=1S/2C9H13.C2H3.CH3.Ti/c2*1-6-5-7(2)9(4)8(6)3;1-2;;/h2*5H,1-4H3;1H,2H2;1H3;/q4*-1;+4. The first-order valence-electron chi connectivity index (χ1n) is 7.06. The van der Waals surface area contributed by atoms with Gasteiger partial charge in [-0.05, 0) is 0 Å². The van der Waals surface area contributed by atoms with Gasteiger partial charge < -0.3 is 14.0 Å². The van der Waals surface area contributed by atoms with Crippen molar-refractivity contribution in [3.63, 3.8) is 0 Å². The first-order valence-corrected chi connectivity index (χ1v) is 7.06. The summed E-state index contributed by atoms with van der Waals surface area (Å²) in [6.07, 6.45) is 0. The predicted molar refractivity (Wildman–Crippen MR) is 98.3 cm³/mol. The molecule has 1 heteroatoms. The zero-order valence-electron chi connectivity index (χ0n) is 15.9. The van der Waals surface area contributed by atoms with Gasteiger partial charge >= 0.3 is 21.7 Å². The second kappa shape index (κ2) is 11.7. The van der Waals surface area contributed by atoms with Gasteiger partial charge in [0.25, 0.3) is 0 Å². The molecule has 120 valence electrons. The van der Waals surface area contributed by atoms with E-state index in [0.29, 0.717) is 0 Å². The quantitative estimate of drug-likeness (QED) is 0.390. The average molecular weight is 332 g/mol. The second-order valence-corrected chi connectivity index (χ2v) is 5.52. The van der Waals surface area contributed by atoms with Gasteiger partial charge in [0.05, 0.1) is 0 Å². The van der Waals surface area contributed by atoms with Crippen LogP contribution < -0.4 is 0 Å². The van der Waals surface area contributed by atoms with Crippen molar-refractivity contribution in [3.8, 4) is 0 Å². The number of rotatable bonds is 0. The van der Waals surface area contributed by atoms with Gasteiger partial charge in [-0.1, -0.05) is 55.4 Å². The van der Waals surface area contributed by atoms with Gasteiger partial charge in [-0.15, -0.1) is 0 Å². The molecule has 0 aliphatic rings. The van der Waals surface area contributed by atoms with Crippen molar-refractivity contribution in [2.75, 3.05) is 0 Å². The van der Waals surface area contributed by atoms with Crippen molar-refractivity contribution in [3.05, 3.63) is 77.2 Å². The van der Waals surface area contributed by atoms with E-state index < -0.39 is 0 Å². The van der Waals surface area contributed by atoms with Crippen LogP contribution in [0.4, 0.5) is 0 Å². The molecule has 22 heavy (non-hydrogen) atoms. The van der Waals surface area contributed by atoms with Crippen LogP contribution in [0, 0.1) is 69.4 Å². The third kappa shape index (κ3) is 6.50. The molecule has 0 bridgehead atoms. The Balaban J connectivity index is -0.000000273. The molecule has 0 atom stereocenters. The maximum Gasteiger partial charge on any atom is 4.00 e. The van der Waals surface area contributed by atoms with Crippen LogP contribution in [-0.2, 0) is 21.7 Å². The summed E-state index contributed by atoms with van der Waals surface area (Å²) in [5.41, 5.74) is 11.5. The molecule has 0 saturated carbocycles. The second-order valence-electron chi connectivity index (χ2n) is 5.52. The van der Waals surface area contributed by atoms with Crippen LogP contribution >= 0.6 is 0 Å². The van der Waals surface area contributed by atoms with Gasteiger partial charge in [-0.25, -0.2) is 0 Å². The summed E-state index contributed by atoms with van der Waals surface area (Å²) in [6, 6.07) is 4.48. The minimum atomic E-state index is 0. The van der Waals surface area contributed by atoms with E-state index in [1.54, 1.807) is 0 Å². The molecule has 0 amide bonds. The van der Waals surface area contributed by atoms with E-state index in [4.69, 9.17) is 0 Å². The Kier molecular flexibility index (Phi) is 13.8. The minimum Gasteiger partial charge on any atom is -0.521 e. The van der Waals surface area contributed by atoms with Crippen LogP contribution in [0.25, 0.3) is 0 Å². The summed E-state index contributed by atoms with van der Waals surface area (Å²) in [5.74, 6) is 0. The predicted octanol–water partition coefficient (Wildman–Crippen LogP) is 6.33. The molecule has 0 aromatic heterocycles. The molecule has 0 N–H and O–H groups in total. The van der Waals surface area contributed by atoms with Crippen molar-refractivity contribution >= 4 is 0 Å². The Morgan fingerprint density at radius 2 is 0.682 bits per heavy atom. The van der Waals surface area contributed by atoms with Crippen LogP contribution in [-0.4, -0.2) is 0 Å². The van der Waals surface area contributed by atoms with Gasteiger partial charge in [0.15, 0.2) is 0 Å². The topological polar surface area (TPSA) is 0 Å². The molecule has 0 spiro atoms. The normalized spacial score (nSPS) is 8.55. The molecular formula is C21H32Ti. The van der Waals surface area contributed by atoms with E-state index in [-0.39, 0.29) is 29.1 Å². The van der Waals surface area contributed by atoms with E-state index >= 15 is 0 Å². The molecule has 0 fully saturated rings. The largest absolute Gasteiger partial charge is 4.00 e. The maximum atomic E-state index is 4.25. The minimum absolute atomic E-state index is 0. The van der Waals surface area contributed by atoms with Crippen molar-refractivity contribution in [1.82, 2.24) is 0 Å². The summed E-state index contributed by atoms with van der Waals surface area (Å²) in [6.45, 7) is 24.4. The summed E-state index contributed by atoms with van der Waals surface area (Å²) < 4.78 is 0. The fraction of sp³-hybridized carbons (Fsp3) is 0.381. The number of aryl methyl sites for hydroxylation is 4. The molecule has 0 heterocycles. The Labute approximate surface area is 154 Å². The Morgan fingerprint density at radius 1 is 0.545 bits per heavy atom. The number of hydrogen-bond donors (Lipinski definition) is 0. The van der Waals surface area contributed by atoms with Crippen molar-refractivity contribution < 1.29 is 21.7 Å². The summed E-state index contributed by atoms with van der Waals surface area (Å²) in [5, 5.41) is 0. The van der Waals surface area contributed by atoms with Gasteiger partial charge in [-0.2, -0.15) is 56.6 Å². The monoisotopic (exact) mass is 332 g/mol. The average Bonchev–Trinajstić information content (AvgIpc) is 2.78. The Morgan fingerprint density at radius 3 is 0.727 bits per heavy atom. The first-order chi connectivity index (χ1) is 9.25. The molecule has 0 aliphatic heterocycles. The molecule has 0 radical (unpaired) electrons. The van der Waals surface area contributed by atoms with Crippen LogP contribution in [0.2, 0.25) is 0 Å². The summed E-state index contributed by atoms with van der Waals surface area (Å²) in [7, 11) is 0. The van der Waals surface area contributed by atoms with E-state index in [1.165, 1.54) is 44.5 Å². The Hall–Kier alpha value is -0.846. The molecule has 0 aliphatic carbocycles. The zero-order chi connectivity index (χ0) is 16.0. The molecule has 2 rings (SSSR count). The maximum absolute atomic E-state index is 4.25. The van der Waals surface area contributed by atoms with E-state index in [1.807, 2.05) is 0 Å². The smallest absolute Gasteiger partial charge is 0.521 e. The third-order valence-electron chi connectivity index (χ3n) is 4.36. The van der Waals surface area contributed by atoms with Gasteiger partial charge in [0, 0.05) is 0 Å². The SMILES string of the molecule is Cc1[cH-]c(C)c(C)c1C.Cc1[cH-]c(C)c(C)c1C.[CH-]=C.[CH3-].[Ti+4]. The summed E-state index contributed by atoms with van der Waals surface area (Å²) >= 11 is 0. The van der Waals surface area contributed by atoms with Gasteiger partial charge in [0.1, 0.15) is 0 Å². The van der Waals surface area contributed by atoms with Crippen molar-refractivity contribution in [2.24, 2.45) is 0 Å². The first kappa shape index (κ1) is 26.1. The van der Waals surface area contributed by atoms with Crippen LogP contribution in [0.15, 0.2) is 18.7 Å². The summed E-state index contributed by atoms with van der Waals surface area (Å²) in [4.78, 5) is 0. The molecule has 2 aromatic rings. The van der Waals surface area contributed by atoms with Crippen LogP contribution in [0.3, 0.4) is 0 Å². The Bertz CT molecular complexity index is 458. The van der Waals surface area contributed by atoms with Crippen molar-refractivity contribution in [1.29, 1.82) is 0 Å². The fourth-order valence-electron chi connectivity index (χ4n) is 2.27. The van der Waals surface area contributed by atoms with E-state index in [9.17, 15) is 0 Å². The fourth-order valence-corrected chi connectivity index (χ4v) is 2.27. The van der Waals surface area contributed by atoms with Crippen LogP contribution in [0.5, 0.6) is 0 Å². The third-order valence-corrected chi connectivity index (χ3v) is 4.36. The van der Waals surface area contributed by atoms with Crippen molar-refractivity contribution in [2.45, 2.75) is 55.4 Å². The van der Waals surface area contributed by atoms with E-state index in [2.05, 4.69) is 80.7 Å². The van der Waals surface area contributed by atoms with E-state index in [0.717, 1.165) is 0 Å². The zero-order valence-corrected chi connectivity index (χ0v) is 17.5. The van der Waals surface area contributed by atoms with Gasteiger partial charge in [-0.3, -0.25) is 6.58 Å². The molecule has 0 saturated heterocycles.